The van der Waals surface area contributed by atoms with Crippen LogP contribution in [0.3, 0.4) is 0 Å². The molecule has 18 heavy (non-hydrogen) atoms. The number of hydrogen-bond donors (Lipinski definition) is 0. The molecule has 1 aliphatic heterocycles. The second-order valence-corrected chi connectivity index (χ2v) is 6.13. The molecule has 1 saturated heterocycles. The van der Waals surface area contributed by atoms with E-state index in [1.807, 2.05) is 13.8 Å². The number of thiophene rings is 1. The first-order valence-corrected chi connectivity index (χ1v) is 7.26. The summed E-state index contributed by atoms with van der Waals surface area (Å²) >= 11 is 1.69. The van der Waals surface area contributed by atoms with Crippen molar-refractivity contribution in [2.45, 2.75) is 51.7 Å². The lowest BCUT2D eigenvalue weighted by Crippen LogP contribution is -2.33. The van der Waals surface area contributed by atoms with Gasteiger partial charge in [0.05, 0.1) is 6.61 Å². The number of esters is 1. The van der Waals surface area contributed by atoms with Crippen LogP contribution in [0.5, 0.6) is 0 Å². The molecule has 0 saturated carbocycles. The highest BCUT2D eigenvalue weighted by Crippen LogP contribution is 2.60. The highest BCUT2D eigenvalue weighted by molar-refractivity contribution is 7.12. The fourth-order valence-corrected chi connectivity index (χ4v) is 3.51. The maximum atomic E-state index is 12.2. The molecule has 0 bridgehead atoms. The van der Waals surface area contributed by atoms with E-state index < -0.39 is 11.2 Å². The van der Waals surface area contributed by atoms with E-state index in [4.69, 9.17) is 9.47 Å². The molecule has 1 fully saturated rings. The first kappa shape index (κ1) is 13.6. The molecule has 2 atom stereocenters. The molecule has 3 nitrogen and oxygen atoms in total. The highest BCUT2D eigenvalue weighted by atomic mass is 32.1. The Kier molecular flexibility index (Phi) is 3.52. The Morgan fingerprint density at radius 1 is 1.44 bits per heavy atom. The van der Waals surface area contributed by atoms with Crippen LogP contribution in [0.4, 0.5) is 0 Å². The molecule has 2 unspecified atom stereocenters. The van der Waals surface area contributed by atoms with E-state index in [2.05, 4.69) is 26.0 Å². The molecule has 1 aliphatic rings. The van der Waals surface area contributed by atoms with E-state index in [9.17, 15) is 4.79 Å². The summed E-state index contributed by atoms with van der Waals surface area (Å²) in [6, 6.07) is 4.12. The van der Waals surface area contributed by atoms with Crippen molar-refractivity contribution in [3.05, 3.63) is 21.9 Å². The van der Waals surface area contributed by atoms with Crippen molar-refractivity contribution in [2.24, 2.45) is 0 Å². The third-order valence-electron chi connectivity index (χ3n) is 3.53. The third kappa shape index (κ3) is 1.88. The largest absolute Gasteiger partial charge is 0.464 e. The van der Waals surface area contributed by atoms with Crippen LogP contribution in [-0.2, 0) is 19.9 Å². The van der Waals surface area contributed by atoms with Crippen molar-refractivity contribution in [1.29, 1.82) is 0 Å². The van der Waals surface area contributed by atoms with Gasteiger partial charge in [-0.3, -0.25) is 0 Å². The number of epoxide rings is 1. The summed E-state index contributed by atoms with van der Waals surface area (Å²) in [6.45, 7) is 8.33. The van der Waals surface area contributed by atoms with Crippen molar-refractivity contribution in [3.8, 4) is 0 Å². The van der Waals surface area contributed by atoms with Gasteiger partial charge in [0, 0.05) is 9.75 Å². The average molecular weight is 268 g/mol. The molecular weight excluding hydrogens is 248 g/mol. The molecule has 0 radical (unpaired) electrons. The van der Waals surface area contributed by atoms with Crippen LogP contribution in [0, 0.1) is 6.92 Å². The van der Waals surface area contributed by atoms with Gasteiger partial charge in [0.2, 0.25) is 0 Å². The van der Waals surface area contributed by atoms with E-state index in [1.165, 1.54) is 4.88 Å². The van der Waals surface area contributed by atoms with Crippen molar-refractivity contribution < 1.29 is 14.3 Å². The summed E-state index contributed by atoms with van der Waals surface area (Å²) < 4.78 is 11.1. The van der Waals surface area contributed by atoms with Gasteiger partial charge in [-0.2, -0.15) is 0 Å². The topological polar surface area (TPSA) is 38.8 Å². The van der Waals surface area contributed by atoms with Crippen LogP contribution in [0.15, 0.2) is 12.1 Å². The lowest BCUT2D eigenvalue weighted by molar-refractivity contribution is -0.149. The first-order valence-electron chi connectivity index (χ1n) is 6.44. The van der Waals surface area contributed by atoms with E-state index in [0.29, 0.717) is 13.0 Å². The number of hydrogen-bond acceptors (Lipinski definition) is 4. The van der Waals surface area contributed by atoms with Gasteiger partial charge < -0.3 is 9.47 Å². The third-order valence-corrected chi connectivity index (χ3v) is 4.73. The maximum Gasteiger partial charge on any atom is 0.341 e. The molecule has 1 aromatic rings. The van der Waals surface area contributed by atoms with Gasteiger partial charge in [-0.1, -0.05) is 13.3 Å². The Labute approximate surface area is 112 Å². The van der Waals surface area contributed by atoms with Gasteiger partial charge in [-0.15, -0.1) is 11.3 Å². The monoisotopic (exact) mass is 268 g/mol. The predicted molar refractivity (Wildman–Crippen MR) is 71.8 cm³/mol. The number of rotatable bonds is 5. The van der Waals surface area contributed by atoms with Crippen LogP contribution in [0.25, 0.3) is 0 Å². The van der Waals surface area contributed by atoms with Crippen LogP contribution in [0.2, 0.25) is 0 Å². The Balaban J connectivity index is 2.28. The Hall–Kier alpha value is -0.870. The molecule has 0 aliphatic carbocycles. The Bertz CT molecular complexity index is 454. The van der Waals surface area contributed by atoms with Gasteiger partial charge in [0.1, 0.15) is 5.60 Å². The van der Waals surface area contributed by atoms with E-state index in [0.717, 1.165) is 11.3 Å². The van der Waals surface area contributed by atoms with Crippen LogP contribution < -0.4 is 0 Å². The summed E-state index contributed by atoms with van der Waals surface area (Å²) in [5.41, 5.74) is -1.27. The van der Waals surface area contributed by atoms with Crippen molar-refractivity contribution in [3.63, 3.8) is 0 Å². The van der Waals surface area contributed by atoms with Crippen LogP contribution in [-0.4, -0.2) is 18.2 Å². The molecule has 2 rings (SSSR count). The number of carbonyl (C=O) groups excluding carboxylic acids is 1. The average Bonchev–Trinajstić information content (AvgIpc) is 2.70. The summed E-state index contributed by atoms with van der Waals surface area (Å²) in [7, 11) is 0. The molecule has 1 aromatic heterocycles. The second-order valence-electron chi connectivity index (χ2n) is 4.84. The van der Waals surface area contributed by atoms with Crippen LogP contribution >= 0.6 is 11.3 Å². The minimum atomic E-state index is -0.769. The lowest BCUT2D eigenvalue weighted by Gasteiger charge is -2.14. The lowest BCUT2D eigenvalue weighted by atomic mass is 9.89. The van der Waals surface area contributed by atoms with Crippen LogP contribution in [0.1, 0.15) is 43.4 Å². The first-order chi connectivity index (χ1) is 8.50. The van der Waals surface area contributed by atoms with Crippen molar-refractivity contribution in [1.82, 2.24) is 0 Å². The Morgan fingerprint density at radius 2 is 2.17 bits per heavy atom. The smallest absolute Gasteiger partial charge is 0.341 e. The van der Waals surface area contributed by atoms with Gasteiger partial charge in [0.15, 0.2) is 5.60 Å². The molecule has 0 amide bonds. The van der Waals surface area contributed by atoms with Gasteiger partial charge in [-0.05, 0) is 39.3 Å². The molecule has 0 aromatic carbocycles. The molecule has 100 valence electrons. The normalized spacial score (nSPS) is 30.2. The summed E-state index contributed by atoms with van der Waals surface area (Å²) in [4.78, 5) is 14.5. The summed E-state index contributed by atoms with van der Waals surface area (Å²) in [6.07, 6.45) is 1.61. The predicted octanol–water partition coefficient (Wildman–Crippen LogP) is 3.40. The zero-order chi connectivity index (χ0) is 13.4. The SMILES string of the molecule is CCCC1(C(=O)OCC)OC1(C)c1ccc(C)s1. The minimum Gasteiger partial charge on any atom is -0.464 e. The van der Waals surface area contributed by atoms with Crippen molar-refractivity contribution in [2.75, 3.05) is 6.61 Å². The number of carbonyl (C=O) groups is 1. The Morgan fingerprint density at radius 3 is 2.67 bits per heavy atom. The molecule has 4 heteroatoms. The summed E-state index contributed by atoms with van der Waals surface area (Å²) in [5, 5.41) is 0. The molecule has 0 N–H and O–H groups in total. The van der Waals surface area contributed by atoms with Gasteiger partial charge in [0.25, 0.3) is 0 Å². The zero-order valence-corrected chi connectivity index (χ0v) is 12.2. The number of aryl methyl sites for hydroxylation is 1. The minimum absolute atomic E-state index is 0.222. The standard InChI is InChI=1S/C14H20O3S/c1-5-9-14(12(15)16-6-2)13(4,17-14)11-8-7-10(3)18-11/h7-8H,5-6,9H2,1-4H3. The molecular formula is C14H20O3S. The second kappa shape index (κ2) is 4.67. The maximum absolute atomic E-state index is 12.2. The fraction of sp³-hybridized carbons (Fsp3) is 0.643. The van der Waals surface area contributed by atoms with E-state index in [1.54, 1.807) is 11.3 Å². The number of ether oxygens (including phenoxy) is 2. The molecule has 0 spiro atoms. The van der Waals surface area contributed by atoms with Crippen molar-refractivity contribution >= 4 is 17.3 Å². The quantitative estimate of drug-likeness (QED) is 0.607. The molecule has 2 heterocycles. The van der Waals surface area contributed by atoms with E-state index >= 15 is 0 Å². The highest BCUT2D eigenvalue weighted by Gasteiger charge is 2.73. The van der Waals surface area contributed by atoms with E-state index in [-0.39, 0.29) is 5.97 Å². The van der Waals surface area contributed by atoms with Gasteiger partial charge in [-0.25, -0.2) is 4.79 Å². The fourth-order valence-electron chi connectivity index (χ4n) is 2.49. The van der Waals surface area contributed by atoms with Gasteiger partial charge >= 0.3 is 5.97 Å². The summed E-state index contributed by atoms with van der Waals surface area (Å²) in [5.74, 6) is -0.222. The zero-order valence-electron chi connectivity index (χ0n) is 11.4.